The molecule has 1 saturated heterocycles. The molecule has 4 rings (SSSR count). The van der Waals surface area contributed by atoms with E-state index in [-0.39, 0.29) is 24.3 Å². The maximum atomic E-state index is 13.6. The number of anilines is 1. The first-order chi connectivity index (χ1) is 14.4. The molecule has 2 aliphatic rings. The minimum atomic E-state index is -1.76. The van der Waals surface area contributed by atoms with E-state index in [0.29, 0.717) is 16.3 Å². The van der Waals surface area contributed by atoms with Crippen LogP contribution < -0.4 is 4.90 Å². The number of rotatable bonds is 4. The number of aliphatic hydroxyl groups excluding tert-OH is 1. The van der Waals surface area contributed by atoms with Crippen molar-refractivity contribution in [3.05, 3.63) is 70.3 Å². The van der Waals surface area contributed by atoms with Gasteiger partial charge in [-0.2, -0.15) is 0 Å². The van der Waals surface area contributed by atoms with Gasteiger partial charge in [-0.3, -0.25) is 14.4 Å². The number of likely N-dealkylation sites (N-methyl/N-ethyl adjacent to an activating group) is 1. The summed E-state index contributed by atoms with van der Waals surface area (Å²) < 4.78 is 5.11. The topological polar surface area (TPSA) is 87.1 Å². The summed E-state index contributed by atoms with van der Waals surface area (Å²) in [5.74, 6) is -2.70. The summed E-state index contributed by atoms with van der Waals surface area (Å²) in [5, 5.41) is 11.6. The first-order valence-corrected chi connectivity index (χ1v) is 9.66. The first-order valence-electron chi connectivity index (χ1n) is 9.28. The highest BCUT2D eigenvalue weighted by molar-refractivity contribution is 6.50. The molecule has 1 spiro atoms. The number of likely N-dealkylation sites (tertiary alicyclic amines) is 1. The first kappa shape index (κ1) is 20.1. The van der Waals surface area contributed by atoms with Crippen molar-refractivity contribution in [2.24, 2.45) is 0 Å². The second-order valence-electron chi connectivity index (χ2n) is 7.10. The second-order valence-corrected chi connectivity index (χ2v) is 7.54. The maximum absolute atomic E-state index is 13.6. The number of carbonyl (C=O) groups excluding carboxylic acids is 3. The Morgan fingerprint density at radius 3 is 2.43 bits per heavy atom. The Hall–Kier alpha value is -3.16. The Morgan fingerprint density at radius 1 is 1.10 bits per heavy atom. The highest BCUT2D eigenvalue weighted by Crippen LogP contribution is 2.53. The monoisotopic (exact) mass is 426 g/mol. The lowest BCUT2D eigenvalue weighted by atomic mass is 9.82. The molecule has 2 amide bonds. The van der Waals surface area contributed by atoms with Crippen LogP contribution in [-0.2, 0) is 24.7 Å². The van der Waals surface area contributed by atoms with Gasteiger partial charge in [-0.1, -0.05) is 29.8 Å². The molecule has 2 heterocycles. The van der Waals surface area contributed by atoms with E-state index < -0.39 is 28.9 Å². The summed E-state index contributed by atoms with van der Waals surface area (Å²) in [7, 11) is 3.04. The molecule has 0 aliphatic carbocycles. The van der Waals surface area contributed by atoms with Gasteiger partial charge in [0.15, 0.2) is 5.54 Å². The van der Waals surface area contributed by atoms with Gasteiger partial charge in [0.1, 0.15) is 5.76 Å². The van der Waals surface area contributed by atoms with E-state index in [1.165, 1.54) is 29.0 Å². The third kappa shape index (κ3) is 2.59. The van der Waals surface area contributed by atoms with Gasteiger partial charge >= 0.3 is 0 Å². The predicted molar refractivity (Wildman–Crippen MR) is 111 cm³/mol. The molecule has 0 bridgehead atoms. The van der Waals surface area contributed by atoms with Gasteiger partial charge in [0.05, 0.1) is 12.2 Å². The van der Waals surface area contributed by atoms with Crippen molar-refractivity contribution in [2.75, 3.05) is 32.2 Å². The van der Waals surface area contributed by atoms with Crippen molar-refractivity contribution in [1.29, 1.82) is 0 Å². The normalized spacial score (nSPS) is 22.3. The zero-order chi connectivity index (χ0) is 21.6. The number of ketones is 1. The van der Waals surface area contributed by atoms with Gasteiger partial charge < -0.3 is 19.6 Å². The minimum Gasteiger partial charge on any atom is -0.507 e. The van der Waals surface area contributed by atoms with Crippen LogP contribution in [0, 0.1) is 0 Å². The summed E-state index contributed by atoms with van der Waals surface area (Å²) in [5.41, 5.74) is -0.713. The molecule has 0 aromatic heterocycles. The number of aliphatic hydroxyl groups is 1. The third-order valence-electron chi connectivity index (χ3n) is 5.58. The summed E-state index contributed by atoms with van der Waals surface area (Å²) >= 11 is 5.94. The fourth-order valence-corrected chi connectivity index (χ4v) is 4.33. The molecule has 0 radical (unpaired) electrons. The van der Waals surface area contributed by atoms with Gasteiger partial charge in [0.2, 0.25) is 0 Å². The van der Waals surface area contributed by atoms with E-state index in [0.717, 1.165) is 0 Å². The quantitative estimate of drug-likeness (QED) is 0.461. The average molecular weight is 427 g/mol. The Bertz CT molecular complexity index is 1090. The summed E-state index contributed by atoms with van der Waals surface area (Å²) in [6.45, 7) is 0.126. The number of hydrogen-bond acceptors (Lipinski definition) is 5. The van der Waals surface area contributed by atoms with Gasteiger partial charge in [0.25, 0.3) is 17.6 Å². The lowest BCUT2D eigenvalue weighted by molar-refractivity contribution is -0.144. The Labute approximate surface area is 178 Å². The van der Waals surface area contributed by atoms with E-state index in [1.54, 1.807) is 43.4 Å². The molecule has 2 aliphatic heterocycles. The number of amides is 2. The molecule has 1 unspecified atom stereocenters. The zero-order valence-electron chi connectivity index (χ0n) is 16.4. The number of benzene rings is 2. The predicted octanol–water partition coefficient (Wildman–Crippen LogP) is 2.54. The fraction of sp³-hybridized carbons (Fsp3) is 0.227. The van der Waals surface area contributed by atoms with Gasteiger partial charge in [-0.15, -0.1) is 0 Å². The zero-order valence-corrected chi connectivity index (χ0v) is 17.1. The SMILES string of the molecule is COCCN1C(=O)C(=O)/C(=C(\O)c2ccc(Cl)cc2)C12C(=O)N(C)c1ccccc12. The van der Waals surface area contributed by atoms with Crippen LogP contribution in [0.4, 0.5) is 5.69 Å². The van der Waals surface area contributed by atoms with Crippen LogP contribution in [0.5, 0.6) is 0 Å². The molecule has 2 aromatic carbocycles. The summed E-state index contributed by atoms with van der Waals surface area (Å²) in [6.07, 6.45) is 0. The molecule has 2 aromatic rings. The van der Waals surface area contributed by atoms with Crippen LogP contribution in [0.2, 0.25) is 5.02 Å². The molecular formula is C22H19ClN2O5. The van der Waals surface area contributed by atoms with Crippen LogP contribution in [-0.4, -0.2) is 54.9 Å². The van der Waals surface area contributed by atoms with Crippen molar-refractivity contribution in [3.8, 4) is 0 Å². The maximum Gasteiger partial charge on any atom is 0.296 e. The van der Waals surface area contributed by atoms with E-state index in [1.807, 2.05) is 0 Å². The van der Waals surface area contributed by atoms with Crippen molar-refractivity contribution in [3.63, 3.8) is 0 Å². The molecule has 0 saturated carbocycles. The van der Waals surface area contributed by atoms with Crippen molar-refractivity contribution in [2.45, 2.75) is 5.54 Å². The van der Waals surface area contributed by atoms with Crippen molar-refractivity contribution < 1.29 is 24.2 Å². The van der Waals surface area contributed by atoms with Crippen LogP contribution in [0.15, 0.2) is 54.1 Å². The van der Waals surface area contributed by atoms with E-state index in [2.05, 4.69) is 0 Å². The molecule has 30 heavy (non-hydrogen) atoms. The van der Waals surface area contributed by atoms with E-state index in [9.17, 15) is 19.5 Å². The summed E-state index contributed by atoms with van der Waals surface area (Å²) in [4.78, 5) is 42.4. The van der Waals surface area contributed by atoms with Crippen LogP contribution in [0.25, 0.3) is 5.76 Å². The Morgan fingerprint density at radius 2 is 1.77 bits per heavy atom. The number of fused-ring (bicyclic) bond motifs is 2. The lowest BCUT2D eigenvalue weighted by Gasteiger charge is -2.34. The second kappa shape index (κ2) is 7.27. The van der Waals surface area contributed by atoms with Gasteiger partial charge in [0, 0.05) is 42.5 Å². The van der Waals surface area contributed by atoms with Crippen LogP contribution >= 0.6 is 11.6 Å². The molecule has 1 atom stereocenters. The average Bonchev–Trinajstić information content (AvgIpc) is 3.11. The van der Waals surface area contributed by atoms with Crippen molar-refractivity contribution in [1.82, 2.24) is 4.90 Å². The molecule has 1 fully saturated rings. The number of methoxy groups -OCH3 is 1. The molecular weight excluding hydrogens is 408 g/mol. The lowest BCUT2D eigenvalue weighted by Crippen LogP contribution is -2.52. The smallest absolute Gasteiger partial charge is 0.296 e. The number of carbonyl (C=O) groups is 3. The fourth-order valence-electron chi connectivity index (χ4n) is 4.21. The van der Waals surface area contributed by atoms with E-state index >= 15 is 0 Å². The number of ether oxygens (including phenoxy) is 1. The van der Waals surface area contributed by atoms with Gasteiger partial charge in [-0.25, -0.2) is 0 Å². The van der Waals surface area contributed by atoms with Crippen molar-refractivity contribution >= 4 is 40.6 Å². The number of nitrogens with zero attached hydrogens (tertiary/aromatic N) is 2. The highest BCUT2D eigenvalue weighted by Gasteiger charge is 2.66. The number of halogens is 1. The van der Waals surface area contributed by atoms with Crippen LogP contribution in [0.3, 0.4) is 0 Å². The molecule has 154 valence electrons. The number of para-hydroxylation sites is 1. The molecule has 8 heteroatoms. The third-order valence-corrected chi connectivity index (χ3v) is 5.83. The number of Topliss-reactive ketones (excluding diaryl/α,β-unsaturated/α-hetero) is 1. The Kier molecular flexibility index (Phi) is 4.88. The minimum absolute atomic E-state index is 0.00633. The standard InChI is InChI=1S/C22H19ClN2O5/c1-24-16-6-4-3-5-15(16)22(21(24)29)17(18(26)13-7-9-14(23)10-8-13)19(27)20(28)25(22)11-12-30-2/h3-10,26H,11-12H2,1-2H3/b18-17+. The Balaban J connectivity index is 2.05. The van der Waals surface area contributed by atoms with Crippen LogP contribution in [0.1, 0.15) is 11.1 Å². The largest absolute Gasteiger partial charge is 0.507 e. The molecule has 1 N–H and O–H groups in total. The highest BCUT2D eigenvalue weighted by atomic mass is 35.5. The number of hydrogen-bond donors (Lipinski definition) is 1. The van der Waals surface area contributed by atoms with Gasteiger partial charge in [-0.05, 0) is 30.3 Å². The summed E-state index contributed by atoms with van der Waals surface area (Å²) in [6, 6.07) is 13.1. The molecule has 7 nitrogen and oxygen atoms in total. The van der Waals surface area contributed by atoms with E-state index in [4.69, 9.17) is 16.3 Å².